The normalized spacial score (nSPS) is 11.2. The highest BCUT2D eigenvalue weighted by Gasteiger charge is 2.05. The fraction of sp³-hybridized carbons (Fsp3) is 0.400. The summed E-state index contributed by atoms with van der Waals surface area (Å²) in [5, 5.41) is 0. The van der Waals surface area contributed by atoms with E-state index in [0.717, 1.165) is 6.26 Å². The van der Waals surface area contributed by atoms with E-state index in [-0.39, 0.29) is 5.95 Å². The molecule has 2 N–H and O–H groups in total. The number of nitrogens with zero attached hydrogens (tertiary/aromatic N) is 2. The molecule has 0 atom stereocenters. The van der Waals surface area contributed by atoms with Crippen molar-refractivity contribution in [2.45, 2.75) is 6.92 Å². The van der Waals surface area contributed by atoms with E-state index in [2.05, 4.69) is 15.0 Å². The van der Waals surface area contributed by atoms with Gasteiger partial charge in [0, 0.05) is 0 Å². The summed E-state index contributed by atoms with van der Waals surface area (Å²) in [4.78, 5) is 20.0. The first kappa shape index (κ1) is 9.65. The standard InChI is InChI=1S/C5H8N4O3S/c1-3-6-4(8-5(10)7-3)9-13(2,11)12/h1-2H3,(H2,6,7,8,9,10). The number of aromatic nitrogens is 3. The van der Waals surface area contributed by atoms with E-state index in [1.54, 1.807) is 0 Å². The maximum atomic E-state index is 10.8. The molecule has 0 bridgehead atoms. The van der Waals surface area contributed by atoms with Crippen LogP contribution in [0.5, 0.6) is 0 Å². The highest BCUT2D eigenvalue weighted by molar-refractivity contribution is 7.91. The Kier molecular flexibility index (Phi) is 2.32. The first-order valence-corrected chi connectivity index (χ1v) is 5.19. The summed E-state index contributed by atoms with van der Waals surface area (Å²) < 4.78 is 23.4. The lowest BCUT2D eigenvalue weighted by Gasteiger charge is -2.00. The zero-order chi connectivity index (χ0) is 10.1. The van der Waals surface area contributed by atoms with Gasteiger partial charge in [-0.15, -0.1) is 0 Å². The molecule has 0 fully saturated rings. The average Bonchev–Trinajstić information content (AvgIpc) is 1.78. The van der Waals surface area contributed by atoms with Crippen LogP contribution in [0.15, 0.2) is 4.79 Å². The van der Waals surface area contributed by atoms with Crippen LogP contribution in [-0.2, 0) is 10.0 Å². The summed E-state index contributed by atoms with van der Waals surface area (Å²) in [6.45, 7) is 1.52. The van der Waals surface area contributed by atoms with Crippen molar-refractivity contribution in [3.05, 3.63) is 16.3 Å². The molecule has 0 aliphatic heterocycles. The zero-order valence-electron chi connectivity index (χ0n) is 7.03. The van der Waals surface area contributed by atoms with E-state index in [1.165, 1.54) is 6.92 Å². The number of hydrogen-bond acceptors (Lipinski definition) is 5. The minimum Gasteiger partial charge on any atom is -0.294 e. The Morgan fingerprint density at radius 3 is 2.46 bits per heavy atom. The van der Waals surface area contributed by atoms with Crippen molar-refractivity contribution >= 4 is 16.0 Å². The van der Waals surface area contributed by atoms with Crippen LogP contribution in [0, 0.1) is 6.92 Å². The SMILES string of the molecule is Cc1nc(NS(C)(=O)=O)nc(=O)[nH]1. The number of aromatic amines is 1. The third-order valence-electron chi connectivity index (χ3n) is 1.05. The average molecular weight is 204 g/mol. The van der Waals surface area contributed by atoms with E-state index in [4.69, 9.17) is 0 Å². The van der Waals surface area contributed by atoms with Crippen molar-refractivity contribution in [2.75, 3.05) is 11.0 Å². The van der Waals surface area contributed by atoms with Gasteiger partial charge in [0.1, 0.15) is 5.82 Å². The fourth-order valence-corrected chi connectivity index (χ4v) is 1.13. The molecule has 0 radical (unpaired) electrons. The number of H-pyrrole nitrogens is 1. The summed E-state index contributed by atoms with van der Waals surface area (Å²) >= 11 is 0. The molecule has 0 saturated carbocycles. The zero-order valence-corrected chi connectivity index (χ0v) is 7.84. The maximum absolute atomic E-state index is 10.8. The van der Waals surface area contributed by atoms with Crippen LogP contribution >= 0.6 is 0 Å². The molecule has 7 nitrogen and oxygen atoms in total. The van der Waals surface area contributed by atoms with Crippen LogP contribution in [0.2, 0.25) is 0 Å². The number of hydrogen-bond donors (Lipinski definition) is 2. The van der Waals surface area contributed by atoms with Gasteiger partial charge in [-0.25, -0.2) is 13.2 Å². The molecule has 1 aromatic rings. The van der Waals surface area contributed by atoms with Crippen LogP contribution in [0.25, 0.3) is 0 Å². The number of anilines is 1. The van der Waals surface area contributed by atoms with E-state index in [1.807, 2.05) is 4.72 Å². The lowest BCUT2D eigenvalue weighted by Crippen LogP contribution is -2.20. The molecule has 0 aliphatic carbocycles. The number of aryl methyl sites for hydroxylation is 1. The summed E-state index contributed by atoms with van der Waals surface area (Å²) in [6, 6.07) is 0. The van der Waals surface area contributed by atoms with Crippen LogP contribution < -0.4 is 10.4 Å². The Morgan fingerprint density at radius 2 is 2.00 bits per heavy atom. The molecule has 0 spiro atoms. The molecule has 8 heteroatoms. The van der Waals surface area contributed by atoms with E-state index >= 15 is 0 Å². The van der Waals surface area contributed by atoms with Crippen molar-refractivity contribution in [1.82, 2.24) is 15.0 Å². The van der Waals surface area contributed by atoms with Crippen LogP contribution in [-0.4, -0.2) is 29.6 Å². The molecule has 0 aromatic carbocycles. The lowest BCUT2D eigenvalue weighted by atomic mass is 10.7. The van der Waals surface area contributed by atoms with Gasteiger partial charge in [0.2, 0.25) is 16.0 Å². The molecule has 0 unspecified atom stereocenters. The van der Waals surface area contributed by atoms with Gasteiger partial charge in [-0.2, -0.15) is 9.97 Å². The molecule has 1 heterocycles. The van der Waals surface area contributed by atoms with Crippen molar-refractivity contribution in [1.29, 1.82) is 0 Å². The lowest BCUT2D eigenvalue weighted by molar-refractivity contribution is 0.606. The topological polar surface area (TPSA) is 105 Å². The Hall–Kier alpha value is -1.44. The van der Waals surface area contributed by atoms with Crippen molar-refractivity contribution < 1.29 is 8.42 Å². The van der Waals surface area contributed by atoms with E-state index in [0.29, 0.717) is 5.82 Å². The number of rotatable bonds is 2. The Morgan fingerprint density at radius 1 is 1.38 bits per heavy atom. The van der Waals surface area contributed by atoms with Crippen LogP contribution in [0.3, 0.4) is 0 Å². The molecule has 1 rings (SSSR count). The van der Waals surface area contributed by atoms with Crippen LogP contribution in [0.4, 0.5) is 5.95 Å². The highest BCUT2D eigenvalue weighted by atomic mass is 32.2. The molecule has 0 aliphatic rings. The van der Waals surface area contributed by atoms with E-state index in [9.17, 15) is 13.2 Å². The Bertz CT molecular complexity index is 463. The van der Waals surface area contributed by atoms with Crippen molar-refractivity contribution in [3.63, 3.8) is 0 Å². The minimum atomic E-state index is -3.44. The van der Waals surface area contributed by atoms with Gasteiger partial charge in [0.05, 0.1) is 6.26 Å². The Balaban J connectivity index is 3.10. The summed E-state index contributed by atoms with van der Waals surface area (Å²) in [5.74, 6) is 0.0786. The fourth-order valence-electron chi connectivity index (χ4n) is 0.702. The predicted octanol–water partition coefficient (Wildman–Crippen LogP) is -1.16. The van der Waals surface area contributed by atoms with Gasteiger partial charge in [0.15, 0.2) is 0 Å². The van der Waals surface area contributed by atoms with E-state index < -0.39 is 15.7 Å². The second kappa shape index (κ2) is 3.13. The quantitative estimate of drug-likeness (QED) is 0.632. The van der Waals surface area contributed by atoms with Gasteiger partial charge < -0.3 is 0 Å². The first-order valence-electron chi connectivity index (χ1n) is 3.29. The van der Waals surface area contributed by atoms with Gasteiger partial charge in [-0.1, -0.05) is 0 Å². The second-order valence-electron chi connectivity index (χ2n) is 2.44. The monoisotopic (exact) mass is 204 g/mol. The largest absolute Gasteiger partial charge is 0.349 e. The second-order valence-corrected chi connectivity index (χ2v) is 4.19. The third-order valence-corrected chi connectivity index (χ3v) is 1.60. The van der Waals surface area contributed by atoms with Gasteiger partial charge >= 0.3 is 5.69 Å². The maximum Gasteiger partial charge on any atom is 0.349 e. The third kappa shape index (κ3) is 3.20. The molecular weight excluding hydrogens is 196 g/mol. The number of nitrogens with one attached hydrogen (secondary N) is 2. The summed E-state index contributed by atoms with van der Waals surface area (Å²) in [7, 11) is -3.44. The molecule has 1 aromatic heterocycles. The summed E-state index contributed by atoms with van der Waals surface area (Å²) in [6.07, 6.45) is 0.951. The van der Waals surface area contributed by atoms with Gasteiger partial charge in [-0.3, -0.25) is 9.71 Å². The van der Waals surface area contributed by atoms with Gasteiger partial charge in [0.25, 0.3) is 0 Å². The molecule has 0 saturated heterocycles. The van der Waals surface area contributed by atoms with Crippen molar-refractivity contribution in [3.8, 4) is 0 Å². The van der Waals surface area contributed by atoms with Crippen molar-refractivity contribution in [2.24, 2.45) is 0 Å². The Labute approximate surface area is 74.3 Å². The van der Waals surface area contributed by atoms with Crippen LogP contribution in [0.1, 0.15) is 5.82 Å². The minimum absolute atomic E-state index is 0.219. The predicted molar refractivity (Wildman–Crippen MR) is 45.9 cm³/mol. The smallest absolute Gasteiger partial charge is 0.294 e. The number of sulfonamides is 1. The molecule has 72 valence electrons. The summed E-state index contributed by atoms with van der Waals surface area (Å²) in [5.41, 5.74) is -0.640. The van der Waals surface area contributed by atoms with Gasteiger partial charge in [-0.05, 0) is 6.92 Å². The highest BCUT2D eigenvalue weighted by Crippen LogP contribution is 1.95. The molecule has 13 heavy (non-hydrogen) atoms. The molecule has 0 amide bonds. The first-order chi connectivity index (χ1) is 5.87. The molecular formula is C5H8N4O3S.